The topological polar surface area (TPSA) is 68.8 Å². The number of imidazole rings is 1. The Labute approximate surface area is 168 Å². The minimum atomic E-state index is 0.00421. The molecule has 1 aliphatic rings. The van der Waals surface area contributed by atoms with Gasteiger partial charge < -0.3 is 14.0 Å². The zero-order chi connectivity index (χ0) is 19.8. The molecule has 3 heterocycles. The van der Waals surface area contributed by atoms with Gasteiger partial charge in [-0.25, -0.2) is 4.98 Å². The first-order valence-corrected chi connectivity index (χ1v) is 9.57. The van der Waals surface area contributed by atoms with Crippen LogP contribution in [0.5, 0.6) is 0 Å². The van der Waals surface area contributed by atoms with Crippen LogP contribution >= 0.6 is 0 Å². The predicted molar refractivity (Wildman–Crippen MR) is 108 cm³/mol. The molecule has 4 aromatic rings. The highest BCUT2D eigenvalue weighted by Gasteiger charge is 2.30. The van der Waals surface area contributed by atoms with Crippen molar-refractivity contribution in [2.24, 2.45) is 0 Å². The van der Waals surface area contributed by atoms with Gasteiger partial charge in [-0.05, 0) is 31.2 Å². The molecule has 1 amide bonds. The van der Waals surface area contributed by atoms with Gasteiger partial charge in [0.15, 0.2) is 11.6 Å². The third kappa shape index (κ3) is 3.10. The van der Waals surface area contributed by atoms with Gasteiger partial charge in [-0.15, -0.1) is 10.2 Å². The largest absolute Gasteiger partial charge is 0.329 e. The first kappa shape index (κ1) is 17.4. The van der Waals surface area contributed by atoms with Gasteiger partial charge in [0.05, 0.1) is 18.9 Å². The molecule has 2 aromatic carbocycles. The van der Waals surface area contributed by atoms with Crippen LogP contribution in [0, 0.1) is 0 Å². The van der Waals surface area contributed by atoms with E-state index in [2.05, 4.69) is 26.7 Å². The summed E-state index contributed by atoms with van der Waals surface area (Å²) in [7, 11) is 0. The number of carbonyl (C=O) groups is 1. The minimum Gasteiger partial charge on any atom is -0.329 e. The fourth-order valence-electron chi connectivity index (χ4n) is 3.84. The lowest BCUT2D eigenvalue weighted by molar-refractivity contribution is 0.0682. The van der Waals surface area contributed by atoms with Crippen LogP contribution < -0.4 is 0 Å². The lowest BCUT2D eigenvalue weighted by Gasteiger charge is -2.32. The fraction of sp³-hybridized carbons (Fsp3) is 0.182. The van der Waals surface area contributed by atoms with E-state index < -0.39 is 0 Å². The standard InChI is InChI=1S/C22H20N6O/c1-16-13-27(14-20-24-25-21(28(16)20)17-5-3-2-4-6-17)22(29)18-7-9-19(10-8-18)26-12-11-23-15-26/h2-12,15-16H,13-14H2,1H3/t16-/m0/s1. The van der Waals surface area contributed by atoms with Crippen molar-refractivity contribution in [1.82, 2.24) is 29.2 Å². The predicted octanol–water partition coefficient (Wildman–Crippen LogP) is 3.35. The average Bonchev–Trinajstić information content (AvgIpc) is 3.44. The number of fused-ring (bicyclic) bond motifs is 1. The highest BCUT2D eigenvalue weighted by atomic mass is 16.2. The maximum Gasteiger partial charge on any atom is 0.254 e. The van der Waals surface area contributed by atoms with E-state index in [4.69, 9.17) is 0 Å². The Kier molecular flexibility index (Phi) is 4.20. The van der Waals surface area contributed by atoms with Crippen molar-refractivity contribution in [1.29, 1.82) is 0 Å². The summed E-state index contributed by atoms with van der Waals surface area (Å²) in [6.45, 7) is 3.17. The van der Waals surface area contributed by atoms with Gasteiger partial charge in [0.2, 0.25) is 0 Å². The van der Waals surface area contributed by atoms with Crippen LogP contribution in [0.2, 0.25) is 0 Å². The second kappa shape index (κ2) is 7.01. The van der Waals surface area contributed by atoms with Crippen molar-refractivity contribution >= 4 is 5.91 Å². The third-order valence-corrected chi connectivity index (χ3v) is 5.26. The number of rotatable bonds is 3. The lowest BCUT2D eigenvalue weighted by Crippen LogP contribution is -2.40. The number of amides is 1. The van der Waals surface area contributed by atoms with E-state index in [-0.39, 0.29) is 11.9 Å². The maximum absolute atomic E-state index is 13.1. The Balaban J connectivity index is 1.39. The summed E-state index contributed by atoms with van der Waals surface area (Å²) in [5, 5.41) is 8.76. The highest BCUT2D eigenvalue weighted by molar-refractivity contribution is 5.94. The normalized spacial score (nSPS) is 15.9. The van der Waals surface area contributed by atoms with Crippen molar-refractivity contribution < 1.29 is 4.79 Å². The third-order valence-electron chi connectivity index (χ3n) is 5.26. The van der Waals surface area contributed by atoms with Crippen LogP contribution in [0.3, 0.4) is 0 Å². The molecule has 7 nitrogen and oxygen atoms in total. The van der Waals surface area contributed by atoms with Crippen molar-refractivity contribution in [3.05, 3.63) is 84.7 Å². The molecule has 0 aliphatic carbocycles. The average molecular weight is 384 g/mol. The lowest BCUT2D eigenvalue weighted by atomic mass is 10.1. The molecule has 7 heteroatoms. The van der Waals surface area contributed by atoms with Gasteiger partial charge in [-0.3, -0.25) is 4.79 Å². The molecule has 0 N–H and O–H groups in total. The molecule has 29 heavy (non-hydrogen) atoms. The van der Waals surface area contributed by atoms with Crippen molar-refractivity contribution in [3.8, 4) is 17.1 Å². The van der Waals surface area contributed by atoms with E-state index in [0.717, 1.165) is 22.9 Å². The summed E-state index contributed by atoms with van der Waals surface area (Å²) in [5.74, 6) is 1.67. The number of aromatic nitrogens is 5. The Morgan fingerprint density at radius 1 is 1.03 bits per heavy atom. The molecular weight excluding hydrogens is 364 g/mol. The molecule has 1 atom stereocenters. The molecule has 2 aromatic heterocycles. The number of benzene rings is 2. The highest BCUT2D eigenvalue weighted by Crippen LogP contribution is 2.28. The van der Waals surface area contributed by atoms with E-state index >= 15 is 0 Å². The van der Waals surface area contributed by atoms with Crippen LogP contribution in [0.1, 0.15) is 29.1 Å². The van der Waals surface area contributed by atoms with E-state index in [1.807, 2.05) is 70.3 Å². The summed E-state index contributed by atoms with van der Waals surface area (Å²) >= 11 is 0. The van der Waals surface area contributed by atoms with Crippen molar-refractivity contribution in [2.45, 2.75) is 19.5 Å². The summed E-state index contributed by atoms with van der Waals surface area (Å²) in [4.78, 5) is 19.0. The maximum atomic E-state index is 13.1. The van der Waals surface area contributed by atoms with Gasteiger partial charge in [0.1, 0.15) is 0 Å². The molecule has 0 saturated carbocycles. The molecule has 0 saturated heterocycles. The Hall–Kier alpha value is -3.74. The smallest absolute Gasteiger partial charge is 0.254 e. The number of carbonyl (C=O) groups excluding carboxylic acids is 1. The molecule has 0 radical (unpaired) electrons. The van der Waals surface area contributed by atoms with Crippen LogP contribution in [0.4, 0.5) is 0 Å². The summed E-state index contributed by atoms with van der Waals surface area (Å²) in [6.07, 6.45) is 5.34. The molecule has 0 unspecified atom stereocenters. The van der Waals surface area contributed by atoms with E-state index in [0.29, 0.717) is 18.7 Å². The number of hydrogen-bond acceptors (Lipinski definition) is 4. The van der Waals surface area contributed by atoms with Gasteiger partial charge in [0.25, 0.3) is 5.91 Å². The van der Waals surface area contributed by atoms with Gasteiger partial charge in [-0.2, -0.15) is 0 Å². The summed E-state index contributed by atoms with van der Waals surface area (Å²) in [5.41, 5.74) is 2.67. The van der Waals surface area contributed by atoms with E-state index in [1.165, 1.54) is 0 Å². The van der Waals surface area contributed by atoms with Crippen molar-refractivity contribution in [2.75, 3.05) is 6.54 Å². The van der Waals surface area contributed by atoms with Gasteiger partial charge >= 0.3 is 0 Å². The molecular formula is C22H20N6O. The first-order valence-electron chi connectivity index (χ1n) is 9.57. The van der Waals surface area contributed by atoms with Crippen LogP contribution in [-0.4, -0.2) is 41.7 Å². The van der Waals surface area contributed by atoms with Crippen LogP contribution in [-0.2, 0) is 6.54 Å². The molecule has 0 spiro atoms. The zero-order valence-electron chi connectivity index (χ0n) is 16.0. The quantitative estimate of drug-likeness (QED) is 0.543. The number of hydrogen-bond donors (Lipinski definition) is 0. The Morgan fingerprint density at radius 3 is 2.55 bits per heavy atom. The number of nitrogens with zero attached hydrogens (tertiary/aromatic N) is 6. The van der Waals surface area contributed by atoms with Gasteiger partial charge in [-0.1, -0.05) is 30.3 Å². The second-order valence-corrected chi connectivity index (χ2v) is 7.23. The van der Waals surface area contributed by atoms with Crippen LogP contribution in [0.15, 0.2) is 73.3 Å². The Morgan fingerprint density at radius 2 is 1.83 bits per heavy atom. The van der Waals surface area contributed by atoms with Crippen LogP contribution in [0.25, 0.3) is 17.1 Å². The molecule has 1 aliphatic heterocycles. The van der Waals surface area contributed by atoms with E-state index in [9.17, 15) is 4.79 Å². The minimum absolute atomic E-state index is 0.00421. The van der Waals surface area contributed by atoms with Gasteiger partial charge in [0, 0.05) is 35.8 Å². The zero-order valence-corrected chi connectivity index (χ0v) is 16.0. The summed E-state index contributed by atoms with van der Waals surface area (Å²) < 4.78 is 4.05. The Bertz CT molecular complexity index is 1130. The monoisotopic (exact) mass is 384 g/mol. The summed E-state index contributed by atoms with van der Waals surface area (Å²) in [6, 6.07) is 17.7. The molecule has 5 rings (SSSR count). The van der Waals surface area contributed by atoms with Crippen molar-refractivity contribution in [3.63, 3.8) is 0 Å². The fourth-order valence-corrected chi connectivity index (χ4v) is 3.84. The molecule has 0 fully saturated rings. The SMILES string of the molecule is C[C@H]1CN(C(=O)c2ccc(-n3ccnc3)cc2)Cc2nnc(-c3ccccc3)n21. The molecule has 144 valence electrons. The second-order valence-electron chi connectivity index (χ2n) is 7.23. The van der Waals surface area contributed by atoms with E-state index in [1.54, 1.807) is 12.5 Å². The molecule has 0 bridgehead atoms. The first-order chi connectivity index (χ1) is 14.2.